The highest BCUT2D eigenvalue weighted by Gasteiger charge is 2.09. The van der Waals surface area contributed by atoms with E-state index < -0.39 is 0 Å². The van der Waals surface area contributed by atoms with Gasteiger partial charge in [0, 0.05) is 45.4 Å². The fourth-order valence-electron chi connectivity index (χ4n) is 3.13. The maximum atomic E-state index is 12.0. The van der Waals surface area contributed by atoms with Crippen LogP contribution in [0.15, 0.2) is 77.8 Å². The van der Waals surface area contributed by atoms with E-state index in [1.54, 1.807) is 26.0 Å². The number of carbonyl (C=O) groups is 1. The number of aliphatic imine (C=N–C) groups is 1. The Balaban J connectivity index is 0.00000385. The molecule has 0 saturated carbocycles. The number of aryl methyl sites for hydroxylation is 1. The first-order valence-electron chi connectivity index (χ1n) is 10.5. The summed E-state index contributed by atoms with van der Waals surface area (Å²) in [4.78, 5) is 17.9. The van der Waals surface area contributed by atoms with Crippen molar-refractivity contribution in [1.29, 1.82) is 0 Å². The number of rotatable bonds is 7. The molecule has 3 rings (SSSR count). The molecule has 0 aromatic heterocycles. The quantitative estimate of drug-likeness (QED) is 0.244. The van der Waals surface area contributed by atoms with Gasteiger partial charge in [0.1, 0.15) is 11.5 Å². The van der Waals surface area contributed by atoms with Gasteiger partial charge in [-0.25, -0.2) is 0 Å². The number of benzene rings is 3. The summed E-state index contributed by atoms with van der Waals surface area (Å²) in [6, 6.07) is 23.5. The van der Waals surface area contributed by atoms with Crippen molar-refractivity contribution in [3.63, 3.8) is 0 Å². The third kappa shape index (κ3) is 7.78. The molecule has 33 heavy (non-hydrogen) atoms. The van der Waals surface area contributed by atoms with E-state index in [4.69, 9.17) is 4.74 Å². The first-order valence-corrected chi connectivity index (χ1v) is 10.5. The molecular formula is C26H31IN4O2. The first kappa shape index (κ1) is 26.2. The van der Waals surface area contributed by atoms with Crippen LogP contribution in [0.25, 0.3) is 0 Å². The van der Waals surface area contributed by atoms with Gasteiger partial charge in [-0.15, -0.1) is 24.0 Å². The third-order valence-corrected chi connectivity index (χ3v) is 4.93. The van der Waals surface area contributed by atoms with Gasteiger partial charge in [-0.2, -0.15) is 0 Å². The van der Waals surface area contributed by atoms with Crippen molar-refractivity contribution in [3.05, 3.63) is 95.1 Å². The minimum atomic E-state index is -0.00592. The molecule has 6 nitrogen and oxygen atoms in total. The predicted molar refractivity (Wildman–Crippen MR) is 145 cm³/mol. The van der Waals surface area contributed by atoms with Gasteiger partial charge >= 0.3 is 0 Å². The smallest absolute Gasteiger partial charge is 0.253 e. The number of guanidine groups is 1. The number of ether oxygens (including phenoxy) is 1. The van der Waals surface area contributed by atoms with Gasteiger partial charge in [0.15, 0.2) is 5.96 Å². The molecule has 0 fully saturated rings. The number of nitrogens with one attached hydrogen (secondary N) is 2. The van der Waals surface area contributed by atoms with Gasteiger partial charge < -0.3 is 20.3 Å². The van der Waals surface area contributed by atoms with E-state index in [1.165, 1.54) is 0 Å². The number of amides is 1. The zero-order valence-corrected chi connectivity index (χ0v) is 21.8. The van der Waals surface area contributed by atoms with Crippen molar-refractivity contribution < 1.29 is 9.53 Å². The van der Waals surface area contributed by atoms with Crippen LogP contribution >= 0.6 is 24.0 Å². The molecule has 3 aromatic rings. The van der Waals surface area contributed by atoms with Crippen molar-refractivity contribution >= 4 is 35.8 Å². The highest BCUT2D eigenvalue weighted by Crippen LogP contribution is 2.26. The fraction of sp³-hybridized carbons (Fsp3) is 0.231. The topological polar surface area (TPSA) is 66.0 Å². The van der Waals surface area contributed by atoms with Gasteiger partial charge in [-0.1, -0.05) is 42.5 Å². The molecule has 0 spiro atoms. The number of hydrogen-bond acceptors (Lipinski definition) is 3. The molecule has 0 heterocycles. The first-order chi connectivity index (χ1) is 15.5. The van der Waals surface area contributed by atoms with Gasteiger partial charge in [-0.05, 0) is 48.4 Å². The molecule has 7 heteroatoms. The van der Waals surface area contributed by atoms with Gasteiger partial charge in [-0.3, -0.25) is 9.79 Å². The summed E-state index contributed by atoms with van der Waals surface area (Å²) in [6.07, 6.45) is 0. The van der Waals surface area contributed by atoms with Gasteiger partial charge in [0.2, 0.25) is 0 Å². The molecule has 0 saturated heterocycles. The van der Waals surface area contributed by atoms with Crippen LogP contribution in [0.1, 0.15) is 27.0 Å². The minimum Gasteiger partial charge on any atom is -0.457 e. The monoisotopic (exact) mass is 558 g/mol. The molecular weight excluding hydrogens is 527 g/mol. The van der Waals surface area contributed by atoms with Crippen molar-refractivity contribution in [2.75, 3.05) is 21.1 Å². The second-order valence-electron chi connectivity index (χ2n) is 7.70. The van der Waals surface area contributed by atoms with E-state index in [-0.39, 0.29) is 29.9 Å². The number of hydrogen-bond donors (Lipinski definition) is 2. The molecule has 0 aliphatic heterocycles. The number of nitrogens with zero attached hydrogens (tertiary/aromatic N) is 2. The summed E-state index contributed by atoms with van der Waals surface area (Å²) < 4.78 is 6.10. The third-order valence-electron chi connectivity index (χ3n) is 4.93. The van der Waals surface area contributed by atoms with Crippen LogP contribution in [0.2, 0.25) is 0 Å². The SMILES string of the molecule is CN=C(NCc1ccc(C(=O)N(C)C)cc1)NCc1ccc(C)cc1Oc1ccccc1.I. The molecule has 0 atom stereocenters. The predicted octanol–water partition coefficient (Wildman–Crippen LogP) is 4.97. The van der Waals surface area contributed by atoms with Crippen LogP contribution in [0.3, 0.4) is 0 Å². The summed E-state index contributed by atoms with van der Waals surface area (Å²) in [5.74, 6) is 2.30. The lowest BCUT2D eigenvalue weighted by molar-refractivity contribution is 0.0827. The van der Waals surface area contributed by atoms with E-state index >= 15 is 0 Å². The Hall–Kier alpha value is -3.07. The van der Waals surface area contributed by atoms with E-state index in [2.05, 4.69) is 27.8 Å². The molecule has 0 bridgehead atoms. The molecule has 0 aliphatic carbocycles. The Morgan fingerprint density at radius 1 is 0.939 bits per heavy atom. The molecule has 1 amide bonds. The van der Waals surface area contributed by atoms with Crippen molar-refractivity contribution in [2.45, 2.75) is 20.0 Å². The van der Waals surface area contributed by atoms with Crippen LogP contribution in [0.5, 0.6) is 11.5 Å². The normalized spacial score (nSPS) is 10.7. The Morgan fingerprint density at radius 3 is 2.24 bits per heavy atom. The lowest BCUT2D eigenvalue weighted by Crippen LogP contribution is -2.36. The van der Waals surface area contributed by atoms with Crippen molar-refractivity contribution in [2.24, 2.45) is 4.99 Å². The molecule has 0 radical (unpaired) electrons. The molecule has 0 aliphatic rings. The second kappa shape index (κ2) is 12.8. The maximum Gasteiger partial charge on any atom is 0.253 e. The van der Waals surface area contributed by atoms with Crippen LogP contribution < -0.4 is 15.4 Å². The minimum absolute atomic E-state index is 0. The van der Waals surface area contributed by atoms with Crippen LogP contribution in [0, 0.1) is 6.92 Å². The Labute approximate surface area is 213 Å². The molecule has 0 unspecified atom stereocenters. The summed E-state index contributed by atoms with van der Waals surface area (Å²) in [7, 11) is 5.24. The largest absolute Gasteiger partial charge is 0.457 e. The zero-order valence-electron chi connectivity index (χ0n) is 19.5. The second-order valence-corrected chi connectivity index (χ2v) is 7.70. The van der Waals surface area contributed by atoms with Gasteiger partial charge in [0.05, 0.1) is 0 Å². The number of carbonyl (C=O) groups excluding carboxylic acids is 1. The van der Waals surface area contributed by atoms with Gasteiger partial charge in [0.25, 0.3) is 5.91 Å². The number of halogens is 1. The molecule has 3 aromatic carbocycles. The zero-order chi connectivity index (χ0) is 22.9. The van der Waals surface area contributed by atoms with E-state index in [1.807, 2.05) is 67.6 Å². The standard InChI is InChI=1S/C26H30N4O2.HI/c1-19-10-13-22(24(16-19)32-23-8-6-5-7-9-23)18-29-26(27-2)28-17-20-11-14-21(15-12-20)25(31)30(3)4;/h5-16H,17-18H2,1-4H3,(H2,27,28,29);1H. The van der Waals surface area contributed by atoms with Crippen LogP contribution in [0.4, 0.5) is 0 Å². The lowest BCUT2D eigenvalue weighted by Gasteiger charge is -2.16. The van der Waals surface area contributed by atoms with E-state index in [0.717, 1.165) is 28.2 Å². The van der Waals surface area contributed by atoms with E-state index in [9.17, 15) is 4.79 Å². The maximum absolute atomic E-state index is 12.0. The fourth-order valence-corrected chi connectivity index (χ4v) is 3.13. The van der Waals surface area contributed by atoms with Crippen molar-refractivity contribution in [3.8, 4) is 11.5 Å². The Bertz CT molecular complexity index is 1070. The Kier molecular flexibility index (Phi) is 10.2. The molecule has 2 N–H and O–H groups in total. The lowest BCUT2D eigenvalue weighted by atomic mass is 10.1. The van der Waals surface area contributed by atoms with Crippen LogP contribution in [-0.2, 0) is 13.1 Å². The average molecular weight is 558 g/mol. The highest BCUT2D eigenvalue weighted by molar-refractivity contribution is 14.0. The van der Waals surface area contributed by atoms with Crippen molar-refractivity contribution in [1.82, 2.24) is 15.5 Å². The summed E-state index contributed by atoms with van der Waals surface area (Å²) >= 11 is 0. The number of para-hydroxylation sites is 1. The highest BCUT2D eigenvalue weighted by atomic mass is 127. The summed E-state index contributed by atoms with van der Waals surface area (Å²) in [5.41, 5.74) is 3.91. The van der Waals surface area contributed by atoms with Crippen LogP contribution in [-0.4, -0.2) is 37.9 Å². The summed E-state index contributed by atoms with van der Waals surface area (Å²) in [5, 5.41) is 6.65. The average Bonchev–Trinajstić information content (AvgIpc) is 2.81. The molecule has 174 valence electrons. The summed E-state index contributed by atoms with van der Waals surface area (Å²) in [6.45, 7) is 3.21. The van der Waals surface area contributed by atoms with E-state index in [0.29, 0.717) is 24.6 Å². The Morgan fingerprint density at radius 2 is 1.61 bits per heavy atom.